The number of ether oxygens (including phenoxy) is 1. The molecule has 1 aromatic rings. The summed E-state index contributed by atoms with van der Waals surface area (Å²) in [7, 11) is 0. The molecule has 2 aliphatic heterocycles. The third kappa shape index (κ3) is 5.80. The van der Waals surface area contributed by atoms with Crippen molar-refractivity contribution < 1.29 is 14.6 Å². The van der Waals surface area contributed by atoms with E-state index in [0.717, 1.165) is 64.8 Å². The second-order valence-corrected chi connectivity index (χ2v) is 9.32. The number of carbonyl (C=O) groups is 1. The van der Waals surface area contributed by atoms with Gasteiger partial charge < -0.3 is 20.1 Å². The van der Waals surface area contributed by atoms with Gasteiger partial charge in [-0.3, -0.25) is 4.79 Å². The van der Waals surface area contributed by atoms with Crippen molar-refractivity contribution in [1.82, 2.24) is 10.2 Å². The van der Waals surface area contributed by atoms with Gasteiger partial charge in [0.25, 0.3) is 0 Å². The molecule has 0 aromatic heterocycles. The van der Waals surface area contributed by atoms with Gasteiger partial charge in [0.15, 0.2) is 0 Å². The lowest BCUT2D eigenvalue weighted by Crippen LogP contribution is -2.45. The Labute approximate surface area is 174 Å². The normalized spacial score (nSPS) is 28.6. The molecule has 2 saturated heterocycles. The van der Waals surface area contributed by atoms with Crippen LogP contribution in [0.2, 0.25) is 0 Å². The maximum atomic E-state index is 10.5. The number of nitrogens with zero attached hydrogens (tertiary/aromatic N) is 1. The maximum Gasteiger partial charge on any atom is 0.303 e. The molecule has 1 aliphatic carbocycles. The van der Waals surface area contributed by atoms with E-state index in [1.165, 1.54) is 18.4 Å². The molecular formula is C24H36N2O3. The lowest BCUT2D eigenvalue weighted by Gasteiger charge is -2.38. The number of rotatable bonds is 10. The van der Waals surface area contributed by atoms with E-state index in [2.05, 4.69) is 40.5 Å². The Bertz CT molecular complexity index is 657. The number of carboxylic acid groups (broad SMARTS) is 1. The standard InChI is InChI=1S/C24H36N2O3/c27-23(28)10-6-1-2-7-13-26-14-11-24(12-15-26)17-20(18-29-24)25-22-16-21(22)19-8-4-3-5-9-19/h3-5,8-9,20-22,25H,1-2,6-7,10-18H2,(H,27,28)/t20?,21-,22+/m0/s1. The van der Waals surface area contributed by atoms with Crippen LogP contribution in [-0.2, 0) is 9.53 Å². The van der Waals surface area contributed by atoms with Crippen LogP contribution >= 0.6 is 0 Å². The topological polar surface area (TPSA) is 61.8 Å². The minimum Gasteiger partial charge on any atom is -0.481 e. The fraction of sp³-hybridized carbons (Fsp3) is 0.708. The molecule has 0 radical (unpaired) electrons. The predicted molar refractivity (Wildman–Crippen MR) is 114 cm³/mol. The van der Waals surface area contributed by atoms with Crippen molar-refractivity contribution in [2.75, 3.05) is 26.2 Å². The van der Waals surface area contributed by atoms with Crippen molar-refractivity contribution in [3.63, 3.8) is 0 Å². The molecule has 1 aromatic carbocycles. The van der Waals surface area contributed by atoms with Crippen molar-refractivity contribution >= 4 is 5.97 Å². The van der Waals surface area contributed by atoms with Gasteiger partial charge in [0.1, 0.15) is 0 Å². The van der Waals surface area contributed by atoms with Crippen molar-refractivity contribution in [3.05, 3.63) is 35.9 Å². The van der Waals surface area contributed by atoms with Crippen molar-refractivity contribution in [3.8, 4) is 0 Å². The third-order valence-corrected chi connectivity index (χ3v) is 7.06. The van der Waals surface area contributed by atoms with E-state index in [1.54, 1.807) is 0 Å². The molecular weight excluding hydrogens is 364 g/mol. The summed E-state index contributed by atoms with van der Waals surface area (Å²) in [5.41, 5.74) is 1.57. The Hall–Kier alpha value is -1.43. The van der Waals surface area contributed by atoms with Crippen LogP contribution in [0, 0.1) is 0 Å². The summed E-state index contributed by atoms with van der Waals surface area (Å²) in [4.78, 5) is 13.1. The quantitative estimate of drug-likeness (QED) is 0.585. The summed E-state index contributed by atoms with van der Waals surface area (Å²) in [6, 6.07) is 12.0. The average Bonchev–Trinajstić information content (AvgIpc) is 3.39. The highest BCUT2D eigenvalue weighted by atomic mass is 16.5. The van der Waals surface area contributed by atoms with Gasteiger partial charge in [0, 0.05) is 37.5 Å². The summed E-state index contributed by atoms with van der Waals surface area (Å²) in [5.74, 6) is 0.0121. The Morgan fingerprint density at radius 3 is 2.66 bits per heavy atom. The molecule has 3 aliphatic rings. The molecule has 5 nitrogen and oxygen atoms in total. The molecule has 3 fully saturated rings. The molecule has 2 heterocycles. The number of aliphatic carboxylic acids is 1. The number of likely N-dealkylation sites (tertiary alicyclic amines) is 1. The first-order valence-electron chi connectivity index (χ1n) is 11.5. The van der Waals surface area contributed by atoms with E-state index >= 15 is 0 Å². The lowest BCUT2D eigenvalue weighted by molar-refractivity contribution is -0.137. The Morgan fingerprint density at radius 1 is 1.14 bits per heavy atom. The van der Waals surface area contributed by atoms with E-state index in [1.807, 2.05) is 0 Å². The van der Waals surface area contributed by atoms with E-state index in [-0.39, 0.29) is 5.60 Å². The van der Waals surface area contributed by atoms with Gasteiger partial charge in [-0.25, -0.2) is 0 Å². The van der Waals surface area contributed by atoms with Crippen molar-refractivity contribution in [2.45, 2.75) is 81.4 Å². The number of hydrogen-bond acceptors (Lipinski definition) is 4. The molecule has 5 heteroatoms. The number of carboxylic acids is 1. The molecule has 4 rings (SSSR count). The second kappa shape index (κ2) is 9.59. The first kappa shape index (κ1) is 20.8. The van der Waals surface area contributed by atoms with Crippen LogP contribution in [0.5, 0.6) is 0 Å². The number of nitrogens with one attached hydrogen (secondary N) is 1. The van der Waals surface area contributed by atoms with Crippen LogP contribution in [-0.4, -0.2) is 59.9 Å². The Kier molecular flexibility index (Phi) is 6.88. The monoisotopic (exact) mass is 400 g/mol. The molecule has 2 N–H and O–H groups in total. The van der Waals surface area contributed by atoms with E-state index < -0.39 is 5.97 Å². The minimum atomic E-state index is -0.673. The zero-order valence-electron chi connectivity index (χ0n) is 17.5. The molecule has 1 spiro atoms. The Balaban J connectivity index is 1.11. The van der Waals surface area contributed by atoms with Crippen LogP contribution in [0.4, 0.5) is 0 Å². The number of unbranched alkanes of at least 4 members (excludes halogenated alkanes) is 3. The highest BCUT2D eigenvalue weighted by molar-refractivity contribution is 5.66. The predicted octanol–water partition coefficient (Wildman–Crippen LogP) is 3.79. The highest BCUT2D eigenvalue weighted by Crippen LogP contribution is 2.43. The Morgan fingerprint density at radius 2 is 1.90 bits per heavy atom. The van der Waals surface area contributed by atoms with Gasteiger partial charge in [-0.15, -0.1) is 0 Å². The fourth-order valence-corrected chi connectivity index (χ4v) is 5.20. The summed E-state index contributed by atoms with van der Waals surface area (Å²) >= 11 is 0. The smallest absolute Gasteiger partial charge is 0.303 e. The third-order valence-electron chi connectivity index (χ3n) is 7.06. The number of hydrogen-bond donors (Lipinski definition) is 2. The summed E-state index contributed by atoms with van der Waals surface area (Å²) in [6.45, 7) is 4.28. The molecule has 3 atom stereocenters. The first-order chi connectivity index (χ1) is 14.1. The van der Waals surface area contributed by atoms with E-state index in [9.17, 15) is 4.79 Å². The summed E-state index contributed by atoms with van der Waals surface area (Å²) < 4.78 is 6.35. The van der Waals surface area contributed by atoms with E-state index in [0.29, 0.717) is 24.4 Å². The van der Waals surface area contributed by atoms with Crippen LogP contribution < -0.4 is 5.32 Å². The van der Waals surface area contributed by atoms with Crippen molar-refractivity contribution in [1.29, 1.82) is 0 Å². The van der Waals surface area contributed by atoms with Crippen molar-refractivity contribution in [2.24, 2.45) is 0 Å². The van der Waals surface area contributed by atoms with Gasteiger partial charge in [0.2, 0.25) is 0 Å². The molecule has 160 valence electrons. The fourth-order valence-electron chi connectivity index (χ4n) is 5.20. The van der Waals surface area contributed by atoms with Gasteiger partial charge in [-0.1, -0.05) is 43.2 Å². The molecule has 0 amide bonds. The van der Waals surface area contributed by atoms with Crippen LogP contribution in [0.3, 0.4) is 0 Å². The van der Waals surface area contributed by atoms with Crippen LogP contribution in [0.25, 0.3) is 0 Å². The lowest BCUT2D eigenvalue weighted by atomic mass is 9.87. The van der Waals surface area contributed by atoms with Gasteiger partial charge >= 0.3 is 5.97 Å². The van der Waals surface area contributed by atoms with Gasteiger partial charge in [-0.2, -0.15) is 0 Å². The first-order valence-corrected chi connectivity index (χ1v) is 11.5. The SMILES string of the molecule is O=C(O)CCCCCCN1CCC2(CC1)CC(N[C@@H]1C[C@H]1c1ccccc1)CO2. The zero-order valence-corrected chi connectivity index (χ0v) is 17.5. The number of piperidine rings is 1. The molecule has 29 heavy (non-hydrogen) atoms. The van der Waals surface area contributed by atoms with E-state index in [4.69, 9.17) is 9.84 Å². The zero-order chi connectivity index (χ0) is 20.1. The largest absolute Gasteiger partial charge is 0.481 e. The number of benzene rings is 1. The average molecular weight is 401 g/mol. The highest BCUT2D eigenvalue weighted by Gasteiger charge is 2.46. The van der Waals surface area contributed by atoms with Crippen LogP contribution in [0.1, 0.15) is 69.3 Å². The maximum absolute atomic E-state index is 10.5. The van der Waals surface area contributed by atoms with Gasteiger partial charge in [-0.05, 0) is 50.6 Å². The molecule has 0 bridgehead atoms. The molecule has 1 unspecified atom stereocenters. The summed E-state index contributed by atoms with van der Waals surface area (Å²) in [6.07, 6.45) is 9.20. The van der Waals surface area contributed by atoms with Gasteiger partial charge in [0.05, 0.1) is 12.2 Å². The second-order valence-electron chi connectivity index (χ2n) is 9.32. The summed E-state index contributed by atoms with van der Waals surface area (Å²) in [5, 5.41) is 12.6. The minimum absolute atomic E-state index is 0.104. The van der Waals surface area contributed by atoms with Crippen LogP contribution in [0.15, 0.2) is 30.3 Å². The molecule has 1 saturated carbocycles.